The molecule has 1 heterocycles. The van der Waals surface area contributed by atoms with Crippen LogP contribution in [0.5, 0.6) is 0 Å². The van der Waals surface area contributed by atoms with Gasteiger partial charge in [0.15, 0.2) is 0 Å². The largest absolute Gasteiger partial charge is 0.361 e. The summed E-state index contributed by atoms with van der Waals surface area (Å²) in [6.07, 6.45) is 2.68. The molecule has 102 valence electrons. The predicted molar refractivity (Wildman–Crippen MR) is 73.5 cm³/mol. The van der Waals surface area contributed by atoms with Gasteiger partial charge in [0.25, 0.3) is 0 Å². The average Bonchev–Trinajstić information content (AvgIpc) is 2.65. The van der Waals surface area contributed by atoms with Crippen molar-refractivity contribution >= 4 is 17.7 Å². The van der Waals surface area contributed by atoms with E-state index < -0.39 is 6.04 Å². The Hall–Kier alpha value is -1.01. The topological polar surface area (TPSA) is 81.2 Å². The molecule has 5 nitrogen and oxygen atoms in total. The number of amides is 1. The van der Waals surface area contributed by atoms with Gasteiger partial charge in [-0.25, -0.2) is 0 Å². The maximum absolute atomic E-state index is 11.9. The molecule has 0 bridgehead atoms. The van der Waals surface area contributed by atoms with Gasteiger partial charge in [0, 0.05) is 5.56 Å². The second kappa shape index (κ2) is 6.80. The molecule has 0 aliphatic rings. The smallest absolute Gasteiger partial charge is 0.237 e. The highest BCUT2D eigenvalue weighted by Crippen LogP contribution is 2.20. The lowest BCUT2D eigenvalue weighted by Gasteiger charge is -2.17. The Bertz CT molecular complexity index is 387. The SMILES string of the molecule is CSCC[C@H](N)C(=O)NC(C)c1c(C)noc1C. The Morgan fingerprint density at radius 1 is 1.56 bits per heavy atom. The quantitative estimate of drug-likeness (QED) is 0.820. The average molecular weight is 271 g/mol. The third-order valence-electron chi connectivity index (χ3n) is 2.85. The minimum absolute atomic E-state index is 0.128. The zero-order chi connectivity index (χ0) is 13.7. The lowest BCUT2D eigenvalue weighted by atomic mass is 10.1. The molecular formula is C12H21N3O2S. The number of hydrogen-bond donors (Lipinski definition) is 2. The van der Waals surface area contributed by atoms with Gasteiger partial charge >= 0.3 is 0 Å². The highest BCUT2D eigenvalue weighted by molar-refractivity contribution is 7.98. The molecule has 3 N–H and O–H groups in total. The summed E-state index contributed by atoms with van der Waals surface area (Å²) in [6, 6.07) is -0.593. The van der Waals surface area contributed by atoms with Crippen LogP contribution in [0.15, 0.2) is 4.52 Å². The van der Waals surface area contributed by atoms with Crippen LogP contribution in [-0.2, 0) is 4.79 Å². The summed E-state index contributed by atoms with van der Waals surface area (Å²) >= 11 is 1.68. The molecule has 0 saturated heterocycles. The predicted octanol–water partition coefficient (Wildman–Crippen LogP) is 1.55. The molecule has 0 aliphatic heterocycles. The molecule has 6 heteroatoms. The summed E-state index contributed by atoms with van der Waals surface area (Å²) < 4.78 is 5.09. The minimum atomic E-state index is -0.458. The number of carbonyl (C=O) groups excluding carboxylic acids is 1. The number of hydrogen-bond acceptors (Lipinski definition) is 5. The van der Waals surface area contributed by atoms with Gasteiger partial charge in [-0.2, -0.15) is 11.8 Å². The van der Waals surface area contributed by atoms with Crippen molar-refractivity contribution in [2.75, 3.05) is 12.0 Å². The lowest BCUT2D eigenvalue weighted by Crippen LogP contribution is -2.42. The summed E-state index contributed by atoms with van der Waals surface area (Å²) in [4.78, 5) is 11.9. The first-order valence-electron chi connectivity index (χ1n) is 5.95. The zero-order valence-electron chi connectivity index (χ0n) is 11.3. The van der Waals surface area contributed by atoms with Gasteiger partial charge < -0.3 is 15.6 Å². The highest BCUT2D eigenvalue weighted by Gasteiger charge is 2.20. The van der Waals surface area contributed by atoms with Crippen LogP contribution >= 0.6 is 11.8 Å². The zero-order valence-corrected chi connectivity index (χ0v) is 12.1. The van der Waals surface area contributed by atoms with E-state index in [1.54, 1.807) is 11.8 Å². The van der Waals surface area contributed by atoms with Gasteiger partial charge in [-0.15, -0.1) is 0 Å². The number of thioether (sulfide) groups is 1. The third kappa shape index (κ3) is 3.74. The van der Waals surface area contributed by atoms with Gasteiger partial charge in [-0.1, -0.05) is 5.16 Å². The Morgan fingerprint density at radius 2 is 2.22 bits per heavy atom. The van der Waals surface area contributed by atoms with Gasteiger partial charge in [-0.3, -0.25) is 4.79 Å². The Labute approximate surface area is 112 Å². The van der Waals surface area contributed by atoms with Crippen molar-refractivity contribution in [2.24, 2.45) is 5.73 Å². The summed E-state index contributed by atoms with van der Waals surface area (Å²) in [6.45, 7) is 5.61. The van der Waals surface area contributed by atoms with Crippen molar-refractivity contribution in [3.63, 3.8) is 0 Å². The molecule has 1 unspecified atom stereocenters. The van der Waals surface area contributed by atoms with E-state index in [4.69, 9.17) is 10.3 Å². The Morgan fingerprint density at radius 3 is 2.72 bits per heavy atom. The molecule has 0 spiro atoms. The number of aryl methyl sites for hydroxylation is 2. The lowest BCUT2D eigenvalue weighted by molar-refractivity contribution is -0.123. The van der Waals surface area contributed by atoms with Crippen molar-refractivity contribution < 1.29 is 9.32 Å². The van der Waals surface area contributed by atoms with E-state index >= 15 is 0 Å². The van der Waals surface area contributed by atoms with Crippen LogP contribution in [0.25, 0.3) is 0 Å². The van der Waals surface area contributed by atoms with Crippen LogP contribution in [0.3, 0.4) is 0 Å². The molecule has 18 heavy (non-hydrogen) atoms. The normalized spacial score (nSPS) is 14.3. The minimum Gasteiger partial charge on any atom is -0.361 e. The molecule has 2 atom stereocenters. The van der Waals surface area contributed by atoms with Gasteiger partial charge in [0.1, 0.15) is 5.76 Å². The number of nitrogens with one attached hydrogen (secondary N) is 1. The molecule has 0 aliphatic carbocycles. The summed E-state index contributed by atoms with van der Waals surface area (Å²) in [5.41, 5.74) is 7.55. The van der Waals surface area contributed by atoms with Crippen LogP contribution in [0, 0.1) is 13.8 Å². The van der Waals surface area contributed by atoms with Gasteiger partial charge in [0.2, 0.25) is 5.91 Å². The Kier molecular flexibility index (Phi) is 5.68. The van der Waals surface area contributed by atoms with E-state index in [1.807, 2.05) is 27.0 Å². The van der Waals surface area contributed by atoms with Crippen molar-refractivity contribution in [3.05, 3.63) is 17.0 Å². The second-order valence-corrected chi connectivity index (χ2v) is 5.34. The fourth-order valence-corrected chi connectivity index (χ4v) is 2.37. The third-order valence-corrected chi connectivity index (χ3v) is 3.49. The van der Waals surface area contributed by atoms with Crippen LogP contribution in [0.1, 0.15) is 36.4 Å². The first kappa shape index (κ1) is 15.0. The van der Waals surface area contributed by atoms with Gasteiger partial charge in [0.05, 0.1) is 17.8 Å². The number of aromatic nitrogens is 1. The van der Waals surface area contributed by atoms with E-state index in [1.165, 1.54) is 0 Å². The Balaban J connectivity index is 2.59. The molecule has 0 radical (unpaired) electrons. The highest BCUT2D eigenvalue weighted by atomic mass is 32.2. The first-order valence-corrected chi connectivity index (χ1v) is 7.34. The molecule has 1 rings (SSSR count). The molecular weight excluding hydrogens is 250 g/mol. The van der Waals surface area contributed by atoms with Crippen LogP contribution in [0.4, 0.5) is 0 Å². The molecule has 1 aromatic heterocycles. The molecule has 1 amide bonds. The number of rotatable bonds is 6. The van der Waals surface area contributed by atoms with Crippen LogP contribution < -0.4 is 11.1 Å². The van der Waals surface area contributed by atoms with E-state index in [0.29, 0.717) is 6.42 Å². The van der Waals surface area contributed by atoms with Crippen molar-refractivity contribution in [2.45, 2.75) is 39.3 Å². The number of nitrogens with two attached hydrogens (primary N) is 1. The van der Waals surface area contributed by atoms with E-state index in [0.717, 1.165) is 22.8 Å². The van der Waals surface area contributed by atoms with E-state index in [-0.39, 0.29) is 11.9 Å². The fourth-order valence-electron chi connectivity index (χ4n) is 1.88. The molecule has 0 saturated carbocycles. The summed E-state index contributed by atoms with van der Waals surface area (Å²) in [5.74, 6) is 1.49. The maximum atomic E-state index is 11.9. The van der Waals surface area contributed by atoms with E-state index in [9.17, 15) is 4.79 Å². The molecule has 0 fully saturated rings. The standard InChI is InChI=1S/C12H21N3O2S/c1-7(11-8(2)15-17-9(11)3)14-12(16)10(13)5-6-18-4/h7,10H,5-6,13H2,1-4H3,(H,14,16)/t7?,10-/m0/s1. The number of carbonyl (C=O) groups is 1. The van der Waals surface area contributed by atoms with Crippen LogP contribution in [-0.4, -0.2) is 29.1 Å². The van der Waals surface area contributed by atoms with Crippen molar-refractivity contribution in [1.82, 2.24) is 10.5 Å². The van der Waals surface area contributed by atoms with Crippen LogP contribution in [0.2, 0.25) is 0 Å². The fraction of sp³-hybridized carbons (Fsp3) is 0.667. The van der Waals surface area contributed by atoms with Crippen molar-refractivity contribution in [3.8, 4) is 0 Å². The monoisotopic (exact) mass is 271 g/mol. The summed E-state index contributed by atoms with van der Waals surface area (Å²) in [5, 5.41) is 6.78. The van der Waals surface area contributed by atoms with E-state index in [2.05, 4.69) is 10.5 Å². The number of nitrogens with zero attached hydrogens (tertiary/aromatic N) is 1. The van der Waals surface area contributed by atoms with Gasteiger partial charge in [-0.05, 0) is 39.2 Å². The first-order chi connectivity index (χ1) is 8.47. The molecule has 1 aromatic rings. The van der Waals surface area contributed by atoms with Crippen molar-refractivity contribution in [1.29, 1.82) is 0 Å². The summed E-state index contributed by atoms with van der Waals surface area (Å²) in [7, 11) is 0. The molecule has 0 aromatic carbocycles. The maximum Gasteiger partial charge on any atom is 0.237 e. The second-order valence-electron chi connectivity index (χ2n) is 4.36.